The lowest BCUT2D eigenvalue weighted by Gasteiger charge is -2.39. The van der Waals surface area contributed by atoms with E-state index in [0.717, 1.165) is 44.1 Å². The zero-order valence-corrected chi connectivity index (χ0v) is 27.6. The number of nitrogens with zero attached hydrogens (tertiary/aromatic N) is 1. The van der Waals surface area contributed by atoms with E-state index >= 15 is 0 Å². The zero-order valence-electron chi connectivity index (χ0n) is 27.6. The Balaban J connectivity index is 1.31. The van der Waals surface area contributed by atoms with Gasteiger partial charge >= 0.3 is 6.09 Å². The van der Waals surface area contributed by atoms with Gasteiger partial charge in [-0.15, -0.1) is 0 Å². The van der Waals surface area contributed by atoms with E-state index in [9.17, 15) is 19.2 Å². The highest BCUT2D eigenvalue weighted by molar-refractivity contribution is 5.89. The van der Waals surface area contributed by atoms with Crippen molar-refractivity contribution >= 4 is 17.9 Å². The molecule has 0 unspecified atom stereocenters. The standard InChI is InChI=1S/C35H50N4O7/c1-35(2,3)31(33(42)39-16-14-27(15-17-39)36-21-28-19-29(40)30(44-4)23-45-28)38-32(41)26(18-24-10-8-9-11-24)20-37-34(43)46-22-25-12-6-5-7-13-25/h5-7,12-13,19,23-24,26-27,31,36H,8-11,14-18,20-22H2,1-4H3,(H,37,43)(H,38,41)/t26-,31-/m0/s1. The molecule has 252 valence electrons. The van der Waals surface area contributed by atoms with Gasteiger partial charge in [0.25, 0.3) is 0 Å². The molecule has 3 N–H and O–H groups in total. The number of ether oxygens (including phenoxy) is 2. The number of hydrogen-bond acceptors (Lipinski definition) is 8. The fourth-order valence-corrected chi connectivity index (χ4v) is 6.23. The van der Waals surface area contributed by atoms with Gasteiger partial charge in [-0.25, -0.2) is 4.79 Å². The van der Waals surface area contributed by atoms with E-state index in [1.165, 1.54) is 19.4 Å². The number of hydrogen-bond donors (Lipinski definition) is 3. The van der Waals surface area contributed by atoms with Crippen LogP contribution in [0.15, 0.2) is 51.9 Å². The lowest BCUT2D eigenvalue weighted by Crippen LogP contribution is -2.58. The molecule has 2 atom stereocenters. The van der Waals surface area contributed by atoms with Crippen LogP contribution in [0.2, 0.25) is 0 Å². The second-order valence-electron chi connectivity index (χ2n) is 13.6. The van der Waals surface area contributed by atoms with Crippen LogP contribution in [0, 0.1) is 17.3 Å². The van der Waals surface area contributed by atoms with Crippen LogP contribution in [0.3, 0.4) is 0 Å². The fourth-order valence-electron chi connectivity index (χ4n) is 6.23. The van der Waals surface area contributed by atoms with Crippen molar-refractivity contribution in [2.75, 3.05) is 26.7 Å². The molecule has 1 aromatic heterocycles. The largest absolute Gasteiger partial charge is 0.490 e. The first-order chi connectivity index (χ1) is 22.0. The third-order valence-corrected chi connectivity index (χ3v) is 9.01. The van der Waals surface area contributed by atoms with E-state index in [0.29, 0.717) is 37.7 Å². The molecule has 11 heteroatoms. The highest BCUT2D eigenvalue weighted by Gasteiger charge is 2.38. The summed E-state index contributed by atoms with van der Waals surface area (Å²) in [4.78, 5) is 54.0. The summed E-state index contributed by atoms with van der Waals surface area (Å²) in [5.74, 6) is 0.304. The first-order valence-corrected chi connectivity index (χ1v) is 16.5. The molecule has 2 fully saturated rings. The quantitative estimate of drug-likeness (QED) is 0.294. The number of carbonyl (C=O) groups is 3. The predicted octanol–water partition coefficient (Wildman–Crippen LogP) is 4.38. The highest BCUT2D eigenvalue weighted by Crippen LogP contribution is 2.31. The second-order valence-corrected chi connectivity index (χ2v) is 13.6. The summed E-state index contributed by atoms with van der Waals surface area (Å²) >= 11 is 0. The Bertz CT molecular complexity index is 1340. The van der Waals surface area contributed by atoms with Crippen LogP contribution >= 0.6 is 0 Å². The van der Waals surface area contributed by atoms with Crippen LogP contribution in [0.4, 0.5) is 4.79 Å². The third-order valence-electron chi connectivity index (χ3n) is 9.01. The van der Waals surface area contributed by atoms with Crippen LogP contribution in [0.1, 0.15) is 77.0 Å². The van der Waals surface area contributed by atoms with Crippen molar-refractivity contribution in [3.8, 4) is 5.75 Å². The monoisotopic (exact) mass is 638 g/mol. The number of piperidine rings is 1. The Kier molecular flexibility index (Phi) is 12.7. The van der Waals surface area contributed by atoms with Gasteiger partial charge in [-0.2, -0.15) is 0 Å². The minimum Gasteiger partial charge on any atom is -0.490 e. The molecule has 3 amide bonds. The van der Waals surface area contributed by atoms with E-state index in [1.54, 1.807) is 0 Å². The normalized spacial score (nSPS) is 17.3. The maximum atomic E-state index is 13.9. The summed E-state index contributed by atoms with van der Waals surface area (Å²) < 4.78 is 15.8. The maximum Gasteiger partial charge on any atom is 0.407 e. The molecule has 1 aliphatic carbocycles. The Labute approximate surface area is 271 Å². The van der Waals surface area contributed by atoms with E-state index in [1.807, 2.05) is 56.0 Å². The summed E-state index contributed by atoms with van der Waals surface area (Å²) in [7, 11) is 1.42. The summed E-state index contributed by atoms with van der Waals surface area (Å²) in [5.41, 5.74) is 0.133. The summed E-state index contributed by atoms with van der Waals surface area (Å²) in [6.07, 6.45) is 7.29. The average molecular weight is 639 g/mol. The van der Waals surface area contributed by atoms with Gasteiger partial charge in [0.15, 0.2) is 0 Å². The van der Waals surface area contributed by atoms with E-state index in [4.69, 9.17) is 13.9 Å². The minimum atomic E-state index is -0.714. The van der Waals surface area contributed by atoms with Crippen molar-refractivity contribution in [2.45, 2.75) is 91.0 Å². The van der Waals surface area contributed by atoms with Crippen molar-refractivity contribution in [1.82, 2.24) is 20.9 Å². The maximum absolute atomic E-state index is 13.9. The molecule has 1 aromatic carbocycles. The van der Waals surface area contributed by atoms with Gasteiger partial charge < -0.3 is 34.7 Å². The van der Waals surface area contributed by atoms with Crippen molar-refractivity contribution in [3.05, 3.63) is 64.2 Å². The number of amides is 3. The van der Waals surface area contributed by atoms with Crippen LogP contribution in [0.25, 0.3) is 0 Å². The van der Waals surface area contributed by atoms with Crippen molar-refractivity contribution in [1.29, 1.82) is 0 Å². The van der Waals surface area contributed by atoms with Crippen LogP contribution in [-0.2, 0) is 27.5 Å². The SMILES string of the molecule is COc1coc(CNC2CCN(C(=O)[C@H](NC(=O)[C@H](CNC(=O)OCc3ccccc3)CC3CCCC3)C(C)(C)C)CC2)cc1=O. The van der Waals surface area contributed by atoms with Crippen molar-refractivity contribution in [2.24, 2.45) is 17.3 Å². The van der Waals surface area contributed by atoms with Gasteiger partial charge in [0.1, 0.15) is 24.7 Å². The fraction of sp³-hybridized carbons (Fsp3) is 0.600. The highest BCUT2D eigenvalue weighted by atomic mass is 16.5. The van der Waals surface area contributed by atoms with Gasteiger partial charge in [-0.05, 0) is 36.2 Å². The number of nitrogens with one attached hydrogen (secondary N) is 3. The van der Waals surface area contributed by atoms with Crippen LogP contribution in [-0.4, -0.2) is 61.6 Å². The average Bonchev–Trinajstić information content (AvgIpc) is 3.56. The third kappa shape index (κ3) is 10.3. The summed E-state index contributed by atoms with van der Waals surface area (Å²) in [6, 6.07) is 10.3. The molecule has 1 saturated carbocycles. The molecule has 1 aliphatic heterocycles. The zero-order chi connectivity index (χ0) is 33.1. The summed E-state index contributed by atoms with van der Waals surface area (Å²) in [5, 5.41) is 9.31. The molecule has 0 bridgehead atoms. The Hall–Kier alpha value is -3.86. The molecule has 4 rings (SSSR count). The van der Waals surface area contributed by atoms with E-state index in [-0.39, 0.29) is 42.2 Å². The molecule has 0 spiro atoms. The molecule has 1 saturated heterocycles. The van der Waals surface area contributed by atoms with Gasteiger partial charge in [0.05, 0.1) is 19.6 Å². The minimum absolute atomic E-state index is 0.102. The molecular weight excluding hydrogens is 588 g/mol. The second kappa shape index (κ2) is 16.6. The lowest BCUT2D eigenvalue weighted by atomic mass is 9.84. The molecule has 0 radical (unpaired) electrons. The molecular formula is C35H50N4O7. The Morgan fingerprint density at radius 1 is 1.04 bits per heavy atom. The number of alkyl carbamates (subject to hydrolysis) is 1. The van der Waals surface area contributed by atoms with Gasteiger partial charge in [-0.1, -0.05) is 76.8 Å². The molecule has 46 heavy (non-hydrogen) atoms. The predicted molar refractivity (Wildman–Crippen MR) is 174 cm³/mol. The van der Waals surface area contributed by atoms with Gasteiger partial charge in [0, 0.05) is 31.7 Å². The smallest absolute Gasteiger partial charge is 0.407 e. The molecule has 2 heterocycles. The van der Waals surface area contributed by atoms with Gasteiger partial charge in [0.2, 0.25) is 23.0 Å². The lowest BCUT2D eigenvalue weighted by molar-refractivity contribution is -0.141. The van der Waals surface area contributed by atoms with Crippen LogP contribution < -0.4 is 26.1 Å². The topological polar surface area (TPSA) is 139 Å². The van der Waals surface area contributed by atoms with E-state index < -0.39 is 23.5 Å². The number of carbonyl (C=O) groups excluding carboxylic acids is 3. The number of likely N-dealkylation sites (tertiary alicyclic amines) is 1. The van der Waals surface area contributed by atoms with Crippen LogP contribution in [0.5, 0.6) is 5.75 Å². The number of rotatable bonds is 13. The van der Waals surface area contributed by atoms with Gasteiger partial charge in [-0.3, -0.25) is 14.4 Å². The number of benzene rings is 1. The Morgan fingerprint density at radius 3 is 2.37 bits per heavy atom. The molecule has 11 nitrogen and oxygen atoms in total. The van der Waals surface area contributed by atoms with Crippen molar-refractivity contribution < 1.29 is 28.3 Å². The Morgan fingerprint density at radius 2 is 1.74 bits per heavy atom. The molecule has 2 aliphatic rings. The summed E-state index contributed by atoms with van der Waals surface area (Å²) in [6.45, 7) is 7.66. The molecule has 2 aromatic rings. The van der Waals surface area contributed by atoms with E-state index in [2.05, 4.69) is 16.0 Å². The first kappa shape index (κ1) is 35.0. The number of methoxy groups -OCH3 is 1. The first-order valence-electron chi connectivity index (χ1n) is 16.5. The van der Waals surface area contributed by atoms with Crippen molar-refractivity contribution in [3.63, 3.8) is 0 Å².